The first-order chi connectivity index (χ1) is 20.5. The smallest absolute Gasteiger partial charge is 0.274 e. The van der Waals surface area contributed by atoms with Gasteiger partial charge < -0.3 is 14.2 Å². The Labute approximate surface area is 244 Å². The number of hydrogen-bond acceptors (Lipinski definition) is 5. The van der Waals surface area contributed by atoms with Crippen molar-refractivity contribution in [3.05, 3.63) is 141 Å². The fourth-order valence-electron chi connectivity index (χ4n) is 4.80. The summed E-state index contributed by atoms with van der Waals surface area (Å²) >= 11 is 0. The molecule has 0 radical (unpaired) electrons. The summed E-state index contributed by atoms with van der Waals surface area (Å²) in [5, 5.41) is 4.71. The normalized spacial score (nSPS) is 11.0. The van der Waals surface area contributed by atoms with E-state index in [1.807, 2.05) is 73.7 Å². The zero-order valence-corrected chi connectivity index (χ0v) is 23.7. The Morgan fingerprint density at radius 1 is 0.786 bits per heavy atom. The Morgan fingerprint density at radius 3 is 2.31 bits per heavy atom. The van der Waals surface area contributed by atoms with Crippen LogP contribution in [0.4, 0.5) is 4.39 Å². The summed E-state index contributed by atoms with van der Waals surface area (Å²) in [6, 6.07) is 29.2. The van der Waals surface area contributed by atoms with Gasteiger partial charge in [0.05, 0.1) is 32.0 Å². The van der Waals surface area contributed by atoms with Gasteiger partial charge in [-0.25, -0.2) is 9.07 Å². The minimum atomic E-state index is -0.353. The van der Waals surface area contributed by atoms with Gasteiger partial charge in [0.25, 0.3) is 5.56 Å². The molecule has 0 unspecified atom stereocenters. The molecule has 0 aliphatic heterocycles. The van der Waals surface area contributed by atoms with Crippen LogP contribution in [0.5, 0.6) is 17.2 Å². The van der Waals surface area contributed by atoms with E-state index in [1.54, 1.807) is 44.6 Å². The van der Waals surface area contributed by atoms with Crippen LogP contribution < -0.4 is 19.8 Å². The molecule has 5 rings (SSSR count). The van der Waals surface area contributed by atoms with Crippen LogP contribution in [-0.4, -0.2) is 24.0 Å². The first-order valence-electron chi connectivity index (χ1n) is 13.5. The van der Waals surface area contributed by atoms with Crippen LogP contribution in [0, 0.1) is 12.7 Å². The van der Waals surface area contributed by atoms with Crippen LogP contribution in [0.25, 0.3) is 23.3 Å². The van der Waals surface area contributed by atoms with Crippen LogP contribution in [0.3, 0.4) is 0 Å². The van der Waals surface area contributed by atoms with Gasteiger partial charge in [-0.1, -0.05) is 72.8 Å². The molecule has 6 nitrogen and oxygen atoms in total. The highest BCUT2D eigenvalue weighted by molar-refractivity contribution is 5.84. The van der Waals surface area contributed by atoms with E-state index < -0.39 is 0 Å². The summed E-state index contributed by atoms with van der Waals surface area (Å²) < 4.78 is 32.4. The highest BCUT2D eigenvalue weighted by Crippen LogP contribution is 2.34. The molecule has 0 bridgehead atoms. The standard InChI is InChI=1S/C35H31FN2O4/c1-24-34(29-14-7-8-15-31(29)42-23-26-10-5-4-6-11-26)30(18-16-25-12-9-13-28(36)20-25)35(39)38(37-24)22-27-17-19-32(40-2)33(21-27)41-3/h4-21H,22-23H2,1-3H3. The molecule has 0 saturated heterocycles. The SMILES string of the molecule is COc1ccc(Cn2nc(C)c(-c3ccccc3OCc3ccccc3)c(C=Cc3cccc(F)c3)c2=O)cc1OC. The molecule has 1 heterocycles. The van der Waals surface area contributed by atoms with Crippen LogP contribution in [0.1, 0.15) is 27.9 Å². The Morgan fingerprint density at radius 2 is 1.55 bits per heavy atom. The number of aryl methyl sites for hydroxylation is 1. The van der Waals surface area contributed by atoms with Crippen molar-refractivity contribution in [3.63, 3.8) is 0 Å². The van der Waals surface area contributed by atoms with Crippen LogP contribution in [0.2, 0.25) is 0 Å². The van der Waals surface area contributed by atoms with E-state index in [1.165, 1.54) is 16.8 Å². The number of ether oxygens (including phenoxy) is 3. The van der Waals surface area contributed by atoms with Crippen molar-refractivity contribution in [3.8, 4) is 28.4 Å². The number of halogens is 1. The lowest BCUT2D eigenvalue weighted by Gasteiger charge is -2.17. The van der Waals surface area contributed by atoms with E-state index in [0.717, 1.165) is 16.7 Å². The molecule has 212 valence electrons. The Bertz CT molecular complexity index is 1780. The average molecular weight is 563 g/mol. The Kier molecular flexibility index (Phi) is 8.78. The minimum absolute atomic E-state index is 0.216. The van der Waals surface area contributed by atoms with Crippen molar-refractivity contribution in [2.75, 3.05) is 14.2 Å². The van der Waals surface area contributed by atoms with Crippen LogP contribution >= 0.6 is 0 Å². The highest BCUT2D eigenvalue weighted by atomic mass is 19.1. The summed E-state index contributed by atoms with van der Waals surface area (Å²) in [6.45, 7) is 2.45. The molecule has 0 N–H and O–H groups in total. The fraction of sp³-hybridized carbons (Fsp3) is 0.143. The molecule has 0 spiro atoms. The van der Waals surface area contributed by atoms with Gasteiger partial charge in [-0.15, -0.1) is 0 Å². The van der Waals surface area contributed by atoms with Crippen molar-refractivity contribution in [2.45, 2.75) is 20.1 Å². The van der Waals surface area contributed by atoms with Gasteiger partial charge in [0.15, 0.2) is 11.5 Å². The topological polar surface area (TPSA) is 62.6 Å². The van der Waals surface area contributed by atoms with Crippen molar-refractivity contribution >= 4 is 12.2 Å². The van der Waals surface area contributed by atoms with E-state index in [9.17, 15) is 9.18 Å². The van der Waals surface area contributed by atoms with Crippen molar-refractivity contribution in [1.29, 1.82) is 0 Å². The fourth-order valence-corrected chi connectivity index (χ4v) is 4.80. The maximum atomic E-state index is 14.1. The van der Waals surface area contributed by atoms with Crippen LogP contribution in [0.15, 0.2) is 102 Å². The van der Waals surface area contributed by atoms with E-state index in [2.05, 4.69) is 0 Å². The first kappa shape index (κ1) is 28.4. The molecule has 7 heteroatoms. The zero-order chi connectivity index (χ0) is 29.5. The van der Waals surface area contributed by atoms with E-state index in [-0.39, 0.29) is 17.9 Å². The Hall–Kier alpha value is -5.17. The van der Waals surface area contributed by atoms with Crippen LogP contribution in [-0.2, 0) is 13.2 Å². The molecule has 0 aliphatic rings. The van der Waals surface area contributed by atoms with Crippen molar-refractivity contribution in [1.82, 2.24) is 9.78 Å². The quantitative estimate of drug-likeness (QED) is 0.181. The molecule has 0 aliphatic carbocycles. The minimum Gasteiger partial charge on any atom is -0.493 e. The third kappa shape index (κ3) is 6.41. The lowest BCUT2D eigenvalue weighted by Crippen LogP contribution is -2.27. The second kappa shape index (κ2) is 13.0. The van der Waals surface area contributed by atoms with Gasteiger partial charge >= 0.3 is 0 Å². The first-order valence-corrected chi connectivity index (χ1v) is 13.5. The van der Waals surface area contributed by atoms with Gasteiger partial charge in [0.1, 0.15) is 18.2 Å². The summed E-state index contributed by atoms with van der Waals surface area (Å²) in [6.07, 6.45) is 3.46. The maximum Gasteiger partial charge on any atom is 0.274 e. The lowest BCUT2D eigenvalue weighted by molar-refractivity contribution is 0.307. The lowest BCUT2D eigenvalue weighted by atomic mass is 9.97. The number of methoxy groups -OCH3 is 2. The predicted molar refractivity (Wildman–Crippen MR) is 163 cm³/mol. The maximum absolute atomic E-state index is 14.1. The zero-order valence-electron chi connectivity index (χ0n) is 23.7. The molecule has 4 aromatic carbocycles. The van der Waals surface area contributed by atoms with Gasteiger partial charge in [0.2, 0.25) is 0 Å². The number of rotatable bonds is 10. The van der Waals surface area contributed by atoms with Gasteiger partial charge in [-0.2, -0.15) is 5.10 Å². The second-order valence-corrected chi connectivity index (χ2v) is 9.68. The third-order valence-corrected chi connectivity index (χ3v) is 6.83. The molecule has 5 aromatic rings. The van der Waals surface area contributed by atoms with Gasteiger partial charge in [-0.05, 0) is 60.0 Å². The summed E-state index contributed by atoms with van der Waals surface area (Å²) in [5.74, 6) is 1.43. The largest absolute Gasteiger partial charge is 0.493 e. The number of aromatic nitrogens is 2. The predicted octanol–water partition coefficient (Wildman–Crippen LogP) is 7.17. The molecule has 0 atom stereocenters. The van der Waals surface area contributed by atoms with Gasteiger partial charge in [0, 0.05) is 11.1 Å². The van der Waals surface area contributed by atoms with E-state index in [4.69, 9.17) is 19.3 Å². The van der Waals surface area contributed by atoms with E-state index in [0.29, 0.717) is 46.2 Å². The summed E-state index contributed by atoms with van der Waals surface area (Å²) in [5.41, 5.74) is 4.64. The molecule has 0 fully saturated rings. The molecular formula is C35H31FN2O4. The molecular weight excluding hydrogens is 531 g/mol. The Balaban J connectivity index is 1.61. The molecule has 42 heavy (non-hydrogen) atoms. The number of benzene rings is 4. The molecule has 1 aromatic heterocycles. The number of hydrogen-bond donors (Lipinski definition) is 0. The third-order valence-electron chi connectivity index (χ3n) is 6.83. The monoisotopic (exact) mass is 562 g/mol. The van der Waals surface area contributed by atoms with Crippen molar-refractivity contribution in [2.24, 2.45) is 0 Å². The second-order valence-electron chi connectivity index (χ2n) is 9.68. The van der Waals surface area contributed by atoms with E-state index >= 15 is 0 Å². The van der Waals surface area contributed by atoms with Crippen molar-refractivity contribution < 1.29 is 18.6 Å². The molecule has 0 saturated carbocycles. The molecule has 0 amide bonds. The summed E-state index contributed by atoms with van der Waals surface area (Å²) in [4.78, 5) is 14.1. The average Bonchev–Trinajstić information content (AvgIpc) is 3.01. The number of nitrogens with zero attached hydrogens (tertiary/aromatic N) is 2. The number of para-hydroxylation sites is 1. The van der Waals surface area contributed by atoms with Gasteiger partial charge in [-0.3, -0.25) is 4.79 Å². The highest BCUT2D eigenvalue weighted by Gasteiger charge is 2.19. The summed E-state index contributed by atoms with van der Waals surface area (Å²) in [7, 11) is 3.14.